The number of methoxy groups -OCH3 is 2. The molecule has 1 saturated heterocycles. The van der Waals surface area contributed by atoms with Gasteiger partial charge in [-0.1, -0.05) is 18.2 Å². The highest BCUT2D eigenvalue weighted by Crippen LogP contribution is 2.30. The van der Waals surface area contributed by atoms with Crippen LogP contribution in [0.2, 0.25) is 0 Å². The number of carbonyl (C=O) groups is 2. The van der Waals surface area contributed by atoms with Gasteiger partial charge in [-0.3, -0.25) is 9.59 Å². The zero-order valence-electron chi connectivity index (χ0n) is 17.2. The lowest BCUT2D eigenvalue weighted by Gasteiger charge is -2.35. The molecule has 0 saturated carbocycles. The third kappa shape index (κ3) is 5.28. The molecule has 0 aliphatic carbocycles. The Bertz CT molecular complexity index is 954. The monoisotopic (exact) mass is 436 g/mol. The maximum Gasteiger partial charge on any atom is 0.416 e. The van der Waals surface area contributed by atoms with Crippen LogP contribution in [0.15, 0.2) is 42.5 Å². The molecule has 6 nitrogen and oxygen atoms in total. The molecule has 0 N–H and O–H groups in total. The number of halogens is 3. The SMILES string of the molecule is COc1ccc(C(=O)N2CCN(C(=O)Cc3cccc(C(F)(F)F)c3)CC2)c(OC)c1. The molecule has 0 bridgehead atoms. The number of hydrogen-bond acceptors (Lipinski definition) is 4. The summed E-state index contributed by atoms with van der Waals surface area (Å²) in [4.78, 5) is 28.6. The van der Waals surface area contributed by atoms with Crippen LogP contribution >= 0.6 is 0 Å². The normalized spacial score (nSPS) is 14.4. The van der Waals surface area contributed by atoms with Crippen LogP contribution in [0.4, 0.5) is 13.2 Å². The van der Waals surface area contributed by atoms with Crippen molar-refractivity contribution in [3.63, 3.8) is 0 Å². The van der Waals surface area contributed by atoms with Gasteiger partial charge in [-0.2, -0.15) is 13.2 Å². The van der Waals surface area contributed by atoms with E-state index in [1.165, 1.54) is 26.4 Å². The maximum atomic E-state index is 12.9. The first-order valence-electron chi connectivity index (χ1n) is 9.68. The second-order valence-electron chi connectivity index (χ2n) is 7.11. The van der Waals surface area contributed by atoms with E-state index < -0.39 is 11.7 Å². The number of hydrogen-bond donors (Lipinski definition) is 0. The third-order valence-electron chi connectivity index (χ3n) is 5.17. The predicted octanol–water partition coefficient (Wildman–Crippen LogP) is 3.25. The van der Waals surface area contributed by atoms with E-state index >= 15 is 0 Å². The summed E-state index contributed by atoms with van der Waals surface area (Å²) in [5.41, 5.74) is -0.0741. The van der Waals surface area contributed by atoms with Crippen molar-refractivity contribution in [1.29, 1.82) is 0 Å². The molecule has 166 valence electrons. The molecule has 3 rings (SSSR count). The van der Waals surface area contributed by atoms with Crippen LogP contribution in [-0.2, 0) is 17.4 Å². The van der Waals surface area contributed by atoms with E-state index in [4.69, 9.17) is 9.47 Å². The number of nitrogens with zero attached hydrogens (tertiary/aromatic N) is 2. The van der Waals surface area contributed by atoms with Crippen molar-refractivity contribution >= 4 is 11.8 Å². The molecule has 0 atom stereocenters. The highest BCUT2D eigenvalue weighted by molar-refractivity contribution is 5.97. The first kappa shape index (κ1) is 22.5. The smallest absolute Gasteiger partial charge is 0.416 e. The zero-order chi connectivity index (χ0) is 22.6. The first-order chi connectivity index (χ1) is 14.7. The Kier molecular flexibility index (Phi) is 6.72. The summed E-state index contributed by atoms with van der Waals surface area (Å²) >= 11 is 0. The van der Waals surface area contributed by atoms with E-state index in [0.29, 0.717) is 48.8 Å². The van der Waals surface area contributed by atoms with E-state index in [9.17, 15) is 22.8 Å². The van der Waals surface area contributed by atoms with Gasteiger partial charge < -0.3 is 19.3 Å². The molecule has 0 aromatic heterocycles. The Balaban J connectivity index is 1.61. The number of alkyl halides is 3. The zero-order valence-corrected chi connectivity index (χ0v) is 17.2. The molecule has 31 heavy (non-hydrogen) atoms. The molecule has 0 spiro atoms. The summed E-state index contributed by atoms with van der Waals surface area (Å²) in [6, 6.07) is 9.70. The highest BCUT2D eigenvalue weighted by atomic mass is 19.4. The molecular weight excluding hydrogens is 413 g/mol. The van der Waals surface area contributed by atoms with Gasteiger partial charge in [0, 0.05) is 32.2 Å². The molecule has 2 amide bonds. The van der Waals surface area contributed by atoms with Crippen LogP contribution in [0, 0.1) is 0 Å². The number of amides is 2. The summed E-state index contributed by atoms with van der Waals surface area (Å²) in [5, 5.41) is 0. The number of rotatable bonds is 5. The van der Waals surface area contributed by atoms with Crippen molar-refractivity contribution in [1.82, 2.24) is 9.80 Å². The minimum atomic E-state index is -4.45. The summed E-state index contributed by atoms with van der Waals surface area (Å²) in [6.45, 7) is 1.26. The van der Waals surface area contributed by atoms with Crippen molar-refractivity contribution in [2.45, 2.75) is 12.6 Å². The van der Waals surface area contributed by atoms with Crippen LogP contribution < -0.4 is 9.47 Å². The topological polar surface area (TPSA) is 59.1 Å². The van der Waals surface area contributed by atoms with E-state index in [-0.39, 0.29) is 18.2 Å². The fourth-order valence-electron chi connectivity index (χ4n) is 3.45. The van der Waals surface area contributed by atoms with Gasteiger partial charge in [-0.15, -0.1) is 0 Å². The number of benzene rings is 2. The number of carbonyl (C=O) groups excluding carboxylic acids is 2. The summed E-state index contributed by atoms with van der Waals surface area (Å²) in [6.07, 6.45) is -4.57. The van der Waals surface area contributed by atoms with Crippen molar-refractivity contribution in [2.75, 3.05) is 40.4 Å². The van der Waals surface area contributed by atoms with Crippen molar-refractivity contribution < 1.29 is 32.2 Å². The number of piperazine rings is 1. The fraction of sp³-hybridized carbons (Fsp3) is 0.364. The highest BCUT2D eigenvalue weighted by Gasteiger charge is 2.31. The summed E-state index contributed by atoms with van der Waals surface area (Å²) in [7, 11) is 2.99. The van der Waals surface area contributed by atoms with Crippen molar-refractivity contribution in [3.05, 3.63) is 59.2 Å². The Morgan fingerprint density at radius 2 is 1.61 bits per heavy atom. The van der Waals surface area contributed by atoms with Crippen LogP contribution in [-0.4, -0.2) is 62.0 Å². The van der Waals surface area contributed by atoms with Gasteiger partial charge in [0.1, 0.15) is 11.5 Å². The average molecular weight is 436 g/mol. The number of ether oxygens (including phenoxy) is 2. The molecule has 1 heterocycles. The standard InChI is InChI=1S/C22H23F3N2O4/c1-30-17-6-7-18(19(14-17)31-2)21(29)27-10-8-26(9-11-27)20(28)13-15-4-3-5-16(12-15)22(23,24)25/h3-7,12,14H,8-11,13H2,1-2H3. The van der Waals surface area contributed by atoms with Gasteiger partial charge in [0.2, 0.25) is 5.91 Å². The van der Waals surface area contributed by atoms with Gasteiger partial charge >= 0.3 is 6.18 Å². The van der Waals surface area contributed by atoms with Crippen molar-refractivity contribution in [3.8, 4) is 11.5 Å². The van der Waals surface area contributed by atoms with Gasteiger partial charge in [0.25, 0.3) is 5.91 Å². The molecular formula is C22H23F3N2O4. The maximum absolute atomic E-state index is 12.9. The predicted molar refractivity (Wildman–Crippen MR) is 107 cm³/mol. The molecule has 1 aliphatic rings. The van der Waals surface area contributed by atoms with E-state index in [1.807, 2.05) is 0 Å². The van der Waals surface area contributed by atoms with E-state index in [2.05, 4.69) is 0 Å². The quantitative estimate of drug-likeness (QED) is 0.722. The van der Waals surface area contributed by atoms with Gasteiger partial charge in [0.15, 0.2) is 0 Å². The van der Waals surface area contributed by atoms with E-state index in [0.717, 1.165) is 12.1 Å². The molecule has 9 heteroatoms. The van der Waals surface area contributed by atoms with Crippen molar-refractivity contribution in [2.24, 2.45) is 0 Å². The average Bonchev–Trinajstić information content (AvgIpc) is 2.77. The summed E-state index contributed by atoms with van der Waals surface area (Å²) in [5.74, 6) is 0.476. The lowest BCUT2D eigenvalue weighted by Crippen LogP contribution is -2.51. The summed E-state index contributed by atoms with van der Waals surface area (Å²) < 4.78 is 49.0. The Hall–Kier alpha value is -3.23. The van der Waals surface area contributed by atoms with Gasteiger partial charge in [0.05, 0.1) is 31.8 Å². The first-order valence-corrected chi connectivity index (χ1v) is 9.68. The van der Waals surface area contributed by atoms with Crippen LogP contribution in [0.3, 0.4) is 0 Å². The van der Waals surface area contributed by atoms with Crippen LogP contribution in [0.1, 0.15) is 21.5 Å². The third-order valence-corrected chi connectivity index (χ3v) is 5.17. The lowest BCUT2D eigenvalue weighted by atomic mass is 10.1. The second-order valence-corrected chi connectivity index (χ2v) is 7.11. The van der Waals surface area contributed by atoms with Crippen LogP contribution in [0.25, 0.3) is 0 Å². The minimum Gasteiger partial charge on any atom is -0.497 e. The lowest BCUT2D eigenvalue weighted by molar-refractivity contribution is -0.138. The minimum absolute atomic E-state index is 0.121. The molecule has 1 aliphatic heterocycles. The molecule has 1 fully saturated rings. The van der Waals surface area contributed by atoms with E-state index in [1.54, 1.807) is 28.0 Å². The Morgan fingerprint density at radius 1 is 0.935 bits per heavy atom. The molecule has 2 aromatic carbocycles. The van der Waals surface area contributed by atoms with Gasteiger partial charge in [-0.25, -0.2) is 0 Å². The largest absolute Gasteiger partial charge is 0.497 e. The Morgan fingerprint density at radius 3 is 2.23 bits per heavy atom. The Labute approximate surface area is 178 Å². The molecule has 0 unspecified atom stereocenters. The molecule has 2 aromatic rings. The van der Waals surface area contributed by atoms with Gasteiger partial charge in [-0.05, 0) is 23.8 Å². The second kappa shape index (κ2) is 9.28. The van der Waals surface area contributed by atoms with Crippen LogP contribution in [0.5, 0.6) is 11.5 Å². The molecule has 0 radical (unpaired) electrons. The fourth-order valence-corrected chi connectivity index (χ4v) is 3.45.